The van der Waals surface area contributed by atoms with E-state index in [0.717, 1.165) is 18.1 Å². The number of hydrogen-bond acceptors (Lipinski definition) is 2. The van der Waals surface area contributed by atoms with Crippen LogP contribution in [0.5, 0.6) is 0 Å². The number of rotatable bonds is 6. The molecule has 1 fully saturated rings. The van der Waals surface area contributed by atoms with Crippen LogP contribution in [-0.2, 0) is 6.54 Å². The van der Waals surface area contributed by atoms with Gasteiger partial charge in [-0.05, 0) is 30.7 Å². The van der Waals surface area contributed by atoms with Gasteiger partial charge < -0.3 is 5.32 Å². The molecule has 3 rings (SSSR count). The predicted octanol–water partition coefficient (Wildman–Crippen LogP) is 5.22. The fourth-order valence-corrected chi connectivity index (χ4v) is 4.31. The van der Waals surface area contributed by atoms with Gasteiger partial charge in [0.15, 0.2) is 0 Å². The van der Waals surface area contributed by atoms with E-state index in [0.29, 0.717) is 5.41 Å². The van der Waals surface area contributed by atoms with Crippen LogP contribution in [0.1, 0.15) is 37.5 Å². The molecule has 0 amide bonds. The first kappa shape index (κ1) is 13.4. The summed E-state index contributed by atoms with van der Waals surface area (Å²) in [7, 11) is 0. The van der Waals surface area contributed by atoms with Crippen LogP contribution in [0, 0.1) is 5.41 Å². The molecule has 1 N–H and O–H groups in total. The Hall–Kier alpha value is -0.570. The molecule has 19 heavy (non-hydrogen) atoms. The minimum absolute atomic E-state index is 0.609. The second-order valence-corrected chi connectivity index (χ2v) is 7.20. The summed E-state index contributed by atoms with van der Waals surface area (Å²) in [6.45, 7) is 4.33. The summed E-state index contributed by atoms with van der Waals surface area (Å²) in [4.78, 5) is 1.27. The normalized spacial score (nSPS) is 16.9. The van der Waals surface area contributed by atoms with E-state index in [2.05, 4.69) is 36.5 Å². The summed E-state index contributed by atoms with van der Waals surface area (Å²) in [5.74, 6) is 0. The van der Waals surface area contributed by atoms with Gasteiger partial charge in [-0.3, -0.25) is 0 Å². The SMILES string of the molecule is CCCC1(CNCc2sc3ccccc3c2Cl)CC1. The zero-order valence-electron chi connectivity index (χ0n) is 11.3. The van der Waals surface area contributed by atoms with Gasteiger partial charge in [0.1, 0.15) is 0 Å². The van der Waals surface area contributed by atoms with Crippen LogP contribution in [0.3, 0.4) is 0 Å². The van der Waals surface area contributed by atoms with Crippen molar-refractivity contribution in [3.8, 4) is 0 Å². The maximum atomic E-state index is 6.45. The van der Waals surface area contributed by atoms with Crippen molar-refractivity contribution in [2.24, 2.45) is 5.41 Å². The largest absolute Gasteiger partial charge is 0.311 e. The lowest BCUT2D eigenvalue weighted by Crippen LogP contribution is -2.23. The summed E-state index contributed by atoms with van der Waals surface area (Å²) in [5.41, 5.74) is 0.609. The number of nitrogens with one attached hydrogen (secondary N) is 1. The summed E-state index contributed by atoms with van der Waals surface area (Å²) in [6, 6.07) is 8.39. The second-order valence-electron chi connectivity index (χ2n) is 5.69. The predicted molar refractivity (Wildman–Crippen MR) is 85.1 cm³/mol. The molecule has 1 aliphatic carbocycles. The van der Waals surface area contributed by atoms with Crippen molar-refractivity contribution in [3.05, 3.63) is 34.2 Å². The molecule has 1 aromatic carbocycles. The number of halogens is 1. The quantitative estimate of drug-likeness (QED) is 0.769. The van der Waals surface area contributed by atoms with Crippen LogP contribution in [0.25, 0.3) is 10.1 Å². The monoisotopic (exact) mass is 293 g/mol. The average Bonchev–Trinajstić information content (AvgIpc) is 3.10. The van der Waals surface area contributed by atoms with E-state index >= 15 is 0 Å². The van der Waals surface area contributed by atoms with Crippen LogP contribution in [0.2, 0.25) is 5.02 Å². The van der Waals surface area contributed by atoms with Gasteiger partial charge in [-0.15, -0.1) is 11.3 Å². The lowest BCUT2D eigenvalue weighted by Gasteiger charge is -2.14. The highest BCUT2D eigenvalue weighted by Crippen LogP contribution is 2.49. The highest BCUT2D eigenvalue weighted by molar-refractivity contribution is 7.19. The molecule has 0 bridgehead atoms. The van der Waals surface area contributed by atoms with Crippen LogP contribution < -0.4 is 5.32 Å². The molecular formula is C16H20ClNS. The van der Waals surface area contributed by atoms with E-state index in [9.17, 15) is 0 Å². The third-order valence-electron chi connectivity index (χ3n) is 4.12. The molecule has 0 unspecified atom stereocenters. The molecule has 0 radical (unpaired) electrons. The standard InChI is InChI=1S/C16H20ClNS/c1-2-7-16(8-9-16)11-18-10-14-15(17)12-5-3-4-6-13(12)19-14/h3-6,18H,2,7-11H2,1H3. The molecule has 2 aromatic rings. The van der Waals surface area contributed by atoms with Crippen LogP contribution in [-0.4, -0.2) is 6.54 Å². The Kier molecular flexibility index (Phi) is 3.84. The first-order valence-corrected chi connectivity index (χ1v) is 8.30. The molecule has 1 saturated carbocycles. The average molecular weight is 294 g/mol. The molecule has 3 heteroatoms. The Balaban J connectivity index is 1.64. The molecule has 102 valence electrons. The van der Waals surface area contributed by atoms with Gasteiger partial charge >= 0.3 is 0 Å². The van der Waals surface area contributed by atoms with E-state index in [4.69, 9.17) is 11.6 Å². The molecule has 1 nitrogen and oxygen atoms in total. The third kappa shape index (κ3) is 2.81. The maximum absolute atomic E-state index is 6.45. The topological polar surface area (TPSA) is 12.0 Å². The third-order valence-corrected chi connectivity index (χ3v) is 5.84. The Bertz CT molecular complexity index is 571. The van der Waals surface area contributed by atoms with E-state index in [1.807, 2.05) is 11.3 Å². The van der Waals surface area contributed by atoms with Gasteiger partial charge in [0.05, 0.1) is 5.02 Å². The van der Waals surface area contributed by atoms with E-state index in [-0.39, 0.29) is 0 Å². The van der Waals surface area contributed by atoms with Gasteiger partial charge in [0, 0.05) is 28.1 Å². The van der Waals surface area contributed by atoms with Crippen LogP contribution in [0.15, 0.2) is 24.3 Å². The summed E-state index contributed by atoms with van der Waals surface area (Å²) in [6.07, 6.45) is 5.45. The Morgan fingerprint density at radius 1 is 1.32 bits per heavy atom. The number of benzene rings is 1. The number of hydrogen-bond donors (Lipinski definition) is 1. The summed E-state index contributed by atoms with van der Waals surface area (Å²) < 4.78 is 1.29. The zero-order chi connectivity index (χ0) is 13.3. The molecule has 0 aliphatic heterocycles. The number of fused-ring (bicyclic) bond motifs is 1. The van der Waals surface area contributed by atoms with Gasteiger partial charge in [-0.1, -0.05) is 43.1 Å². The molecular weight excluding hydrogens is 274 g/mol. The Morgan fingerprint density at radius 2 is 2.11 bits per heavy atom. The van der Waals surface area contributed by atoms with Crippen molar-refractivity contribution in [1.29, 1.82) is 0 Å². The van der Waals surface area contributed by atoms with Gasteiger partial charge in [0.25, 0.3) is 0 Å². The van der Waals surface area contributed by atoms with Crippen molar-refractivity contribution in [2.75, 3.05) is 6.54 Å². The molecule has 1 aromatic heterocycles. The molecule has 1 heterocycles. The van der Waals surface area contributed by atoms with Crippen molar-refractivity contribution in [3.63, 3.8) is 0 Å². The molecule has 0 atom stereocenters. The van der Waals surface area contributed by atoms with Crippen LogP contribution in [0.4, 0.5) is 0 Å². The molecule has 0 spiro atoms. The lowest BCUT2D eigenvalue weighted by atomic mass is 10.0. The Morgan fingerprint density at radius 3 is 2.79 bits per heavy atom. The van der Waals surface area contributed by atoms with E-state index in [1.165, 1.54) is 40.6 Å². The van der Waals surface area contributed by atoms with Gasteiger partial charge in [0.2, 0.25) is 0 Å². The molecule has 0 saturated heterocycles. The van der Waals surface area contributed by atoms with Crippen molar-refractivity contribution in [1.82, 2.24) is 5.32 Å². The van der Waals surface area contributed by atoms with E-state index < -0.39 is 0 Å². The summed E-state index contributed by atoms with van der Waals surface area (Å²) >= 11 is 8.27. The smallest absolute Gasteiger partial charge is 0.0636 e. The zero-order valence-corrected chi connectivity index (χ0v) is 12.9. The lowest BCUT2D eigenvalue weighted by molar-refractivity contribution is 0.422. The van der Waals surface area contributed by atoms with Crippen LogP contribution >= 0.6 is 22.9 Å². The molecule has 1 aliphatic rings. The Labute approximate surface area is 124 Å². The fraction of sp³-hybridized carbons (Fsp3) is 0.500. The van der Waals surface area contributed by atoms with Crippen molar-refractivity contribution < 1.29 is 0 Å². The minimum atomic E-state index is 0.609. The maximum Gasteiger partial charge on any atom is 0.0636 e. The minimum Gasteiger partial charge on any atom is -0.311 e. The number of thiophene rings is 1. The van der Waals surface area contributed by atoms with Crippen molar-refractivity contribution >= 4 is 33.0 Å². The highest BCUT2D eigenvalue weighted by atomic mass is 35.5. The van der Waals surface area contributed by atoms with Gasteiger partial charge in [-0.2, -0.15) is 0 Å². The van der Waals surface area contributed by atoms with Crippen molar-refractivity contribution in [2.45, 2.75) is 39.2 Å². The summed E-state index contributed by atoms with van der Waals surface area (Å²) in [5, 5.41) is 5.75. The van der Waals surface area contributed by atoms with Gasteiger partial charge in [-0.25, -0.2) is 0 Å². The van der Waals surface area contributed by atoms with E-state index in [1.54, 1.807) is 0 Å². The fourth-order valence-electron chi connectivity index (χ4n) is 2.84. The second kappa shape index (κ2) is 5.43. The first-order chi connectivity index (χ1) is 9.24. The highest BCUT2D eigenvalue weighted by Gasteiger charge is 2.40. The first-order valence-electron chi connectivity index (χ1n) is 7.11.